The largest absolute Gasteiger partial charge is 0.417 e. The van der Waals surface area contributed by atoms with E-state index in [9.17, 15) is 21.6 Å². The highest BCUT2D eigenvalue weighted by Gasteiger charge is 2.34. The normalized spacial score (nSPS) is 18.1. The Hall–Kier alpha value is -1.77. The molecule has 0 unspecified atom stereocenters. The van der Waals surface area contributed by atoms with Gasteiger partial charge in [-0.1, -0.05) is 29.8 Å². The van der Waals surface area contributed by atoms with Crippen molar-refractivity contribution in [3.05, 3.63) is 59.1 Å². The SMILES string of the molecule is O=S(=O)(NC[C@@H]1CCN(c2ccccc2)C1)c1ccc(Cl)c(C(F)(F)F)c1. The number of nitrogens with one attached hydrogen (secondary N) is 1. The summed E-state index contributed by atoms with van der Waals surface area (Å²) in [5, 5.41) is -0.532. The Morgan fingerprint density at radius 3 is 2.52 bits per heavy atom. The molecule has 1 heterocycles. The lowest BCUT2D eigenvalue weighted by Crippen LogP contribution is -2.31. The second-order valence-corrected chi connectivity index (χ2v) is 8.60. The lowest BCUT2D eigenvalue weighted by Gasteiger charge is -2.19. The van der Waals surface area contributed by atoms with Crippen LogP contribution in [-0.2, 0) is 16.2 Å². The zero-order valence-electron chi connectivity index (χ0n) is 14.2. The molecule has 0 aliphatic carbocycles. The molecule has 0 aromatic heterocycles. The molecular weight excluding hydrogens is 401 g/mol. The van der Waals surface area contributed by atoms with E-state index in [0.29, 0.717) is 12.6 Å². The number of halogens is 4. The molecule has 146 valence electrons. The van der Waals surface area contributed by atoms with Gasteiger partial charge in [0, 0.05) is 25.3 Å². The number of para-hydroxylation sites is 1. The zero-order chi connectivity index (χ0) is 19.7. The third kappa shape index (κ3) is 4.75. The predicted octanol–water partition coefficient (Wildman–Crippen LogP) is 4.16. The van der Waals surface area contributed by atoms with Gasteiger partial charge in [-0.05, 0) is 42.7 Å². The lowest BCUT2D eigenvalue weighted by atomic mass is 10.1. The summed E-state index contributed by atoms with van der Waals surface area (Å²) >= 11 is 5.55. The second kappa shape index (κ2) is 7.69. The number of alkyl halides is 3. The molecule has 0 amide bonds. The molecule has 9 heteroatoms. The number of sulfonamides is 1. The van der Waals surface area contributed by atoms with Crippen LogP contribution in [-0.4, -0.2) is 28.1 Å². The zero-order valence-corrected chi connectivity index (χ0v) is 15.8. The van der Waals surface area contributed by atoms with Gasteiger partial charge in [-0.2, -0.15) is 13.2 Å². The Kier molecular flexibility index (Phi) is 5.69. The number of rotatable bonds is 5. The van der Waals surface area contributed by atoms with E-state index in [4.69, 9.17) is 11.6 Å². The first-order valence-electron chi connectivity index (χ1n) is 8.33. The summed E-state index contributed by atoms with van der Waals surface area (Å²) < 4.78 is 66.1. The molecule has 27 heavy (non-hydrogen) atoms. The van der Waals surface area contributed by atoms with Gasteiger partial charge >= 0.3 is 6.18 Å². The minimum atomic E-state index is -4.72. The van der Waals surface area contributed by atoms with Gasteiger partial charge in [0.25, 0.3) is 0 Å². The maximum Gasteiger partial charge on any atom is 0.417 e. The Morgan fingerprint density at radius 1 is 1.15 bits per heavy atom. The van der Waals surface area contributed by atoms with Crippen molar-refractivity contribution < 1.29 is 21.6 Å². The van der Waals surface area contributed by atoms with Gasteiger partial charge < -0.3 is 4.90 Å². The van der Waals surface area contributed by atoms with Gasteiger partial charge in [0.15, 0.2) is 0 Å². The van der Waals surface area contributed by atoms with E-state index >= 15 is 0 Å². The van der Waals surface area contributed by atoms with E-state index in [2.05, 4.69) is 9.62 Å². The predicted molar refractivity (Wildman–Crippen MR) is 98.4 cm³/mol. The van der Waals surface area contributed by atoms with Crippen LogP contribution < -0.4 is 9.62 Å². The van der Waals surface area contributed by atoms with Crippen molar-refractivity contribution >= 4 is 27.3 Å². The van der Waals surface area contributed by atoms with Gasteiger partial charge in [0.2, 0.25) is 10.0 Å². The molecular formula is C18H18ClF3N2O2S. The Balaban J connectivity index is 1.66. The van der Waals surface area contributed by atoms with Crippen LogP contribution in [0.15, 0.2) is 53.4 Å². The number of benzene rings is 2. The van der Waals surface area contributed by atoms with Crippen molar-refractivity contribution in [3.8, 4) is 0 Å². The van der Waals surface area contributed by atoms with Gasteiger partial charge in [-0.25, -0.2) is 13.1 Å². The molecule has 1 aliphatic rings. The van der Waals surface area contributed by atoms with Crippen LogP contribution in [0.2, 0.25) is 5.02 Å². The number of hydrogen-bond donors (Lipinski definition) is 1. The van der Waals surface area contributed by atoms with Crippen LogP contribution in [0.1, 0.15) is 12.0 Å². The molecule has 0 bridgehead atoms. The molecule has 1 saturated heterocycles. The summed E-state index contributed by atoms with van der Waals surface area (Å²) in [4.78, 5) is 1.71. The third-order valence-corrected chi connectivity index (χ3v) is 6.27. The summed E-state index contributed by atoms with van der Waals surface area (Å²) in [6.45, 7) is 1.65. The summed E-state index contributed by atoms with van der Waals surface area (Å²) in [5.41, 5.74) is -0.0986. The van der Waals surface area contributed by atoms with E-state index in [1.54, 1.807) is 0 Å². The van der Waals surface area contributed by atoms with Crippen molar-refractivity contribution in [1.82, 2.24) is 4.72 Å². The Labute approximate surface area is 161 Å². The number of nitrogens with zero attached hydrogens (tertiary/aromatic N) is 1. The topological polar surface area (TPSA) is 49.4 Å². The van der Waals surface area contributed by atoms with Crippen LogP contribution in [0.25, 0.3) is 0 Å². The number of hydrogen-bond acceptors (Lipinski definition) is 3. The summed E-state index contributed by atoms with van der Waals surface area (Å²) in [7, 11) is -4.06. The first-order chi connectivity index (χ1) is 12.7. The standard InChI is InChI=1S/C18H18ClF3N2O2S/c19-17-7-6-15(10-16(17)18(20,21)22)27(25,26)23-11-13-8-9-24(12-13)14-4-2-1-3-5-14/h1-7,10,13,23H,8-9,11-12H2/t13-/m0/s1. The van der Waals surface area contributed by atoms with Gasteiger partial charge in [0.05, 0.1) is 15.5 Å². The molecule has 1 atom stereocenters. The highest BCUT2D eigenvalue weighted by Crippen LogP contribution is 2.36. The van der Waals surface area contributed by atoms with E-state index in [0.717, 1.165) is 30.8 Å². The van der Waals surface area contributed by atoms with E-state index in [1.165, 1.54) is 0 Å². The van der Waals surface area contributed by atoms with Gasteiger partial charge in [0.1, 0.15) is 0 Å². The molecule has 3 rings (SSSR count). The molecule has 2 aromatic carbocycles. The van der Waals surface area contributed by atoms with Crippen LogP contribution in [0.4, 0.5) is 18.9 Å². The van der Waals surface area contributed by atoms with Crippen molar-refractivity contribution in [2.75, 3.05) is 24.5 Å². The van der Waals surface area contributed by atoms with E-state index < -0.39 is 31.7 Å². The van der Waals surface area contributed by atoms with Crippen LogP contribution in [0.3, 0.4) is 0 Å². The molecule has 1 aliphatic heterocycles. The van der Waals surface area contributed by atoms with Crippen molar-refractivity contribution in [1.29, 1.82) is 0 Å². The lowest BCUT2D eigenvalue weighted by molar-refractivity contribution is -0.137. The average molecular weight is 419 g/mol. The van der Waals surface area contributed by atoms with E-state index in [1.807, 2.05) is 30.3 Å². The first kappa shape index (κ1) is 20.0. The first-order valence-corrected chi connectivity index (χ1v) is 10.2. The van der Waals surface area contributed by atoms with Gasteiger partial charge in [-0.15, -0.1) is 0 Å². The quantitative estimate of drug-likeness (QED) is 0.793. The summed E-state index contributed by atoms with van der Waals surface area (Å²) in [6, 6.07) is 12.4. The van der Waals surface area contributed by atoms with Crippen molar-refractivity contribution in [2.45, 2.75) is 17.5 Å². The fourth-order valence-electron chi connectivity index (χ4n) is 3.07. The minimum absolute atomic E-state index is 0.0781. The molecule has 1 fully saturated rings. The fraction of sp³-hybridized carbons (Fsp3) is 0.333. The van der Waals surface area contributed by atoms with Crippen LogP contribution >= 0.6 is 11.6 Å². The summed E-state index contributed by atoms with van der Waals surface area (Å²) in [6.07, 6.45) is -3.92. The minimum Gasteiger partial charge on any atom is -0.371 e. The third-order valence-electron chi connectivity index (χ3n) is 4.52. The maximum atomic E-state index is 12.9. The highest BCUT2D eigenvalue weighted by molar-refractivity contribution is 7.89. The fourth-order valence-corrected chi connectivity index (χ4v) is 4.44. The average Bonchev–Trinajstić information content (AvgIpc) is 3.09. The maximum absolute atomic E-state index is 12.9. The van der Waals surface area contributed by atoms with Crippen molar-refractivity contribution in [3.63, 3.8) is 0 Å². The number of anilines is 1. The van der Waals surface area contributed by atoms with Crippen LogP contribution in [0, 0.1) is 5.92 Å². The highest BCUT2D eigenvalue weighted by atomic mass is 35.5. The molecule has 0 saturated carbocycles. The van der Waals surface area contributed by atoms with E-state index in [-0.39, 0.29) is 12.5 Å². The van der Waals surface area contributed by atoms with Crippen LogP contribution in [0.5, 0.6) is 0 Å². The molecule has 2 aromatic rings. The van der Waals surface area contributed by atoms with Gasteiger partial charge in [-0.3, -0.25) is 0 Å². The Bertz CT molecular complexity index is 905. The van der Waals surface area contributed by atoms with Crippen molar-refractivity contribution in [2.24, 2.45) is 5.92 Å². The monoisotopic (exact) mass is 418 g/mol. The molecule has 1 N–H and O–H groups in total. The smallest absolute Gasteiger partial charge is 0.371 e. The molecule has 0 spiro atoms. The summed E-state index contributed by atoms with van der Waals surface area (Å²) in [5.74, 6) is 0.0781. The molecule has 0 radical (unpaired) electrons. The second-order valence-electron chi connectivity index (χ2n) is 6.43. The molecule has 4 nitrogen and oxygen atoms in total. The Morgan fingerprint density at radius 2 is 1.85 bits per heavy atom.